The number of hydrogen-bond acceptors (Lipinski definition) is 3. The van der Waals surface area contributed by atoms with Gasteiger partial charge in [0.15, 0.2) is 0 Å². The summed E-state index contributed by atoms with van der Waals surface area (Å²) in [6, 6.07) is 15.7. The first-order chi connectivity index (χ1) is 12.7. The minimum Gasteiger partial charge on any atom is -0.497 e. The normalized spacial score (nSPS) is 16.2. The van der Waals surface area contributed by atoms with Gasteiger partial charge in [0.2, 0.25) is 0 Å². The number of fused-ring (bicyclic) bond motifs is 1. The Morgan fingerprint density at radius 3 is 2.65 bits per heavy atom. The molecule has 26 heavy (non-hydrogen) atoms. The second-order valence-corrected chi connectivity index (χ2v) is 7.20. The van der Waals surface area contributed by atoms with E-state index in [9.17, 15) is 9.18 Å². The van der Waals surface area contributed by atoms with E-state index in [1.807, 2.05) is 24.3 Å². The zero-order chi connectivity index (χ0) is 18.1. The van der Waals surface area contributed by atoms with Gasteiger partial charge < -0.3 is 9.64 Å². The highest BCUT2D eigenvalue weighted by Crippen LogP contribution is 2.39. The molecular formula is C21H18FNO2S. The molecule has 5 heteroatoms. The number of benzene rings is 2. The maximum absolute atomic E-state index is 14.2. The maximum atomic E-state index is 14.2. The third kappa shape index (κ3) is 2.88. The molecule has 0 unspecified atom stereocenters. The van der Waals surface area contributed by atoms with E-state index in [-0.39, 0.29) is 17.5 Å². The zero-order valence-electron chi connectivity index (χ0n) is 14.3. The lowest BCUT2D eigenvalue weighted by Gasteiger charge is -2.36. The summed E-state index contributed by atoms with van der Waals surface area (Å²) < 4.78 is 19.4. The predicted molar refractivity (Wildman–Crippen MR) is 100 cm³/mol. The summed E-state index contributed by atoms with van der Waals surface area (Å²) in [5, 5.41) is 2.05. The van der Waals surface area contributed by atoms with E-state index in [2.05, 4.69) is 11.4 Å². The van der Waals surface area contributed by atoms with Crippen LogP contribution in [0.3, 0.4) is 0 Å². The van der Waals surface area contributed by atoms with Crippen molar-refractivity contribution in [2.45, 2.75) is 12.5 Å². The number of amides is 1. The lowest BCUT2D eigenvalue weighted by atomic mass is 9.92. The van der Waals surface area contributed by atoms with E-state index in [0.29, 0.717) is 6.54 Å². The van der Waals surface area contributed by atoms with Crippen LogP contribution in [0.2, 0.25) is 0 Å². The number of ether oxygens (including phenoxy) is 1. The summed E-state index contributed by atoms with van der Waals surface area (Å²) >= 11 is 1.71. The van der Waals surface area contributed by atoms with Crippen LogP contribution >= 0.6 is 11.3 Å². The van der Waals surface area contributed by atoms with Crippen molar-refractivity contribution in [3.63, 3.8) is 0 Å². The third-order valence-electron chi connectivity index (χ3n) is 4.76. The molecule has 0 radical (unpaired) electrons. The van der Waals surface area contributed by atoms with Crippen LogP contribution in [0.25, 0.3) is 0 Å². The highest BCUT2D eigenvalue weighted by atomic mass is 32.1. The van der Waals surface area contributed by atoms with E-state index < -0.39 is 5.82 Å². The van der Waals surface area contributed by atoms with E-state index >= 15 is 0 Å². The predicted octanol–water partition coefficient (Wildman–Crippen LogP) is 4.68. The minimum absolute atomic E-state index is 0.115. The molecule has 0 bridgehead atoms. The fraction of sp³-hybridized carbons (Fsp3) is 0.190. The molecule has 1 aliphatic heterocycles. The molecule has 0 spiro atoms. The van der Waals surface area contributed by atoms with Gasteiger partial charge in [-0.15, -0.1) is 11.3 Å². The van der Waals surface area contributed by atoms with Gasteiger partial charge in [0, 0.05) is 11.4 Å². The summed E-state index contributed by atoms with van der Waals surface area (Å²) in [4.78, 5) is 16.2. The van der Waals surface area contributed by atoms with Gasteiger partial charge in [-0.25, -0.2) is 4.39 Å². The van der Waals surface area contributed by atoms with Crippen molar-refractivity contribution in [1.82, 2.24) is 4.90 Å². The van der Waals surface area contributed by atoms with Crippen molar-refractivity contribution >= 4 is 17.2 Å². The van der Waals surface area contributed by atoms with Gasteiger partial charge >= 0.3 is 0 Å². The summed E-state index contributed by atoms with van der Waals surface area (Å²) in [5.74, 6) is 0.00458. The molecule has 1 atom stereocenters. The molecule has 132 valence electrons. The number of rotatable bonds is 3. The minimum atomic E-state index is -0.484. The summed E-state index contributed by atoms with van der Waals surface area (Å²) in [6.07, 6.45) is 0.792. The van der Waals surface area contributed by atoms with Crippen LogP contribution in [0.5, 0.6) is 5.75 Å². The Hall–Kier alpha value is -2.66. The number of hydrogen-bond donors (Lipinski definition) is 0. The number of nitrogens with zero attached hydrogens (tertiary/aromatic N) is 1. The molecule has 0 fully saturated rings. The first kappa shape index (κ1) is 16.8. The first-order valence-electron chi connectivity index (χ1n) is 8.44. The lowest BCUT2D eigenvalue weighted by Crippen LogP contribution is -2.40. The number of thiophene rings is 1. The van der Waals surface area contributed by atoms with Crippen LogP contribution in [0.4, 0.5) is 4.39 Å². The second-order valence-electron chi connectivity index (χ2n) is 6.20. The summed E-state index contributed by atoms with van der Waals surface area (Å²) in [7, 11) is 1.63. The molecule has 2 heterocycles. The Bertz CT molecular complexity index is 935. The summed E-state index contributed by atoms with van der Waals surface area (Å²) in [5.41, 5.74) is 2.23. The SMILES string of the molecule is COc1ccc([C@@H]2c3ccsc3CCN2C(=O)c2ccccc2F)cc1. The van der Waals surface area contributed by atoms with Crippen LogP contribution < -0.4 is 4.74 Å². The molecule has 0 saturated heterocycles. The molecular weight excluding hydrogens is 349 g/mol. The molecule has 2 aromatic carbocycles. The zero-order valence-corrected chi connectivity index (χ0v) is 15.1. The smallest absolute Gasteiger partial charge is 0.257 e. The average molecular weight is 367 g/mol. The van der Waals surface area contributed by atoms with Gasteiger partial charge in [-0.05, 0) is 53.3 Å². The number of methoxy groups -OCH3 is 1. The Morgan fingerprint density at radius 2 is 1.92 bits per heavy atom. The van der Waals surface area contributed by atoms with Gasteiger partial charge in [0.1, 0.15) is 11.6 Å². The third-order valence-corrected chi connectivity index (χ3v) is 5.76. The lowest BCUT2D eigenvalue weighted by molar-refractivity contribution is 0.0691. The number of carbonyl (C=O) groups excluding carboxylic acids is 1. The molecule has 1 aliphatic rings. The highest BCUT2D eigenvalue weighted by Gasteiger charge is 2.34. The molecule has 3 aromatic rings. The molecule has 0 aliphatic carbocycles. The van der Waals surface area contributed by atoms with Gasteiger partial charge in [0.05, 0.1) is 18.7 Å². The fourth-order valence-corrected chi connectivity index (χ4v) is 4.37. The second kappa shape index (κ2) is 6.92. The van der Waals surface area contributed by atoms with Gasteiger partial charge in [-0.1, -0.05) is 24.3 Å². The van der Waals surface area contributed by atoms with Gasteiger partial charge in [-0.2, -0.15) is 0 Å². The Labute approximate surface area is 155 Å². The van der Waals surface area contributed by atoms with Crippen LogP contribution in [0.15, 0.2) is 60.0 Å². The van der Waals surface area contributed by atoms with E-state index in [0.717, 1.165) is 23.3 Å². The standard InChI is InChI=1S/C21H18FNO2S/c1-25-15-8-6-14(7-9-15)20-17-11-13-26-19(17)10-12-23(20)21(24)16-4-2-3-5-18(16)22/h2-9,11,13,20H,10,12H2,1H3/t20-/m1/s1. The highest BCUT2D eigenvalue weighted by molar-refractivity contribution is 7.10. The van der Waals surface area contributed by atoms with E-state index in [1.54, 1.807) is 41.5 Å². The monoisotopic (exact) mass is 367 g/mol. The van der Waals surface area contributed by atoms with Crippen molar-refractivity contribution in [3.05, 3.63) is 87.4 Å². The van der Waals surface area contributed by atoms with Gasteiger partial charge in [0.25, 0.3) is 5.91 Å². The molecule has 1 amide bonds. The van der Waals surface area contributed by atoms with Crippen molar-refractivity contribution in [3.8, 4) is 5.75 Å². The van der Waals surface area contributed by atoms with Crippen LogP contribution in [0, 0.1) is 5.82 Å². The quantitative estimate of drug-likeness (QED) is 0.672. The summed E-state index contributed by atoms with van der Waals surface area (Å²) in [6.45, 7) is 0.567. The molecule has 0 N–H and O–H groups in total. The van der Waals surface area contributed by atoms with Crippen LogP contribution in [-0.4, -0.2) is 24.5 Å². The molecule has 4 rings (SSSR count). The first-order valence-corrected chi connectivity index (χ1v) is 9.32. The van der Waals surface area contributed by atoms with Crippen LogP contribution in [0.1, 0.15) is 32.4 Å². The van der Waals surface area contributed by atoms with Gasteiger partial charge in [-0.3, -0.25) is 4.79 Å². The average Bonchev–Trinajstić information content (AvgIpc) is 3.16. The topological polar surface area (TPSA) is 29.5 Å². The molecule has 3 nitrogen and oxygen atoms in total. The van der Waals surface area contributed by atoms with E-state index in [1.165, 1.54) is 10.9 Å². The van der Waals surface area contributed by atoms with E-state index in [4.69, 9.17) is 4.74 Å². The van der Waals surface area contributed by atoms with Crippen LogP contribution in [-0.2, 0) is 6.42 Å². The maximum Gasteiger partial charge on any atom is 0.257 e. The molecule has 1 aromatic heterocycles. The van der Waals surface area contributed by atoms with Crippen molar-refractivity contribution in [2.24, 2.45) is 0 Å². The Balaban J connectivity index is 1.77. The number of halogens is 1. The van der Waals surface area contributed by atoms with Crippen molar-refractivity contribution in [2.75, 3.05) is 13.7 Å². The Kier molecular flexibility index (Phi) is 4.47. The number of carbonyl (C=O) groups is 1. The largest absolute Gasteiger partial charge is 0.497 e. The van der Waals surface area contributed by atoms with Crippen molar-refractivity contribution < 1.29 is 13.9 Å². The fourth-order valence-electron chi connectivity index (χ4n) is 3.47. The van der Waals surface area contributed by atoms with Crippen molar-refractivity contribution in [1.29, 1.82) is 0 Å². The Morgan fingerprint density at radius 1 is 1.15 bits per heavy atom. The molecule has 0 saturated carbocycles.